The summed E-state index contributed by atoms with van der Waals surface area (Å²) < 4.78 is 0. The number of para-hydroxylation sites is 1. The van der Waals surface area contributed by atoms with E-state index in [2.05, 4.69) is 38.2 Å². The SMILES string of the molecule is CCN1C(=O)CC(C)(C)c2cc(C)c(-c3cc(C=C4SC(=O)NC4=O)nc4ccccc34)cc21. The lowest BCUT2D eigenvalue weighted by Crippen LogP contribution is -2.41. The van der Waals surface area contributed by atoms with Crippen molar-refractivity contribution in [2.75, 3.05) is 11.4 Å². The number of thioether (sulfide) groups is 1. The number of pyridine rings is 1. The number of hydrogen-bond donors (Lipinski definition) is 1. The molecule has 0 bridgehead atoms. The Morgan fingerprint density at radius 2 is 1.88 bits per heavy atom. The summed E-state index contributed by atoms with van der Waals surface area (Å²) in [6.07, 6.45) is 2.14. The van der Waals surface area contributed by atoms with E-state index in [1.54, 1.807) is 6.08 Å². The van der Waals surface area contributed by atoms with Crippen molar-refractivity contribution in [1.82, 2.24) is 10.3 Å². The third kappa shape index (κ3) is 3.70. The van der Waals surface area contributed by atoms with Crippen molar-refractivity contribution in [3.05, 3.63) is 64.2 Å². The highest BCUT2D eigenvalue weighted by Gasteiger charge is 2.36. The van der Waals surface area contributed by atoms with Crippen LogP contribution in [0.1, 0.15) is 44.0 Å². The van der Waals surface area contributed by atoms with Crippen LogP contribution in [0.25, 0.3) is 28.1 Å². The first-order chi connectivity index (χ1) is 16.2. The molecule has 1 fully saturated rings. The van der Waals surface area contributed by atoms with Gasteiger partial charge in [0.05, 0.1) is 16.1 Å². The monoisotopic (exact) mass is 471 g/mol. The summed E-state index contributed by atoms with van der Waals surface area (Å²) in [5.41, 5.74) is 6.37. The lowest BCUT2D eigenvalue weighted by Gasteiger charge is -2.39. The molecule has 6 nitrogen and oxygen atoms in total. The number of anilines is 1. The van der Waals surface area contributed by atoms with Gasteiger partial charge in [0, 0.05) is 29.5 Å². The molecular weight excluding hydrogens is 446 g/mol. The lowest BCUT2D eigenvalue weighted by atomic mass is 9.75. The largest absolute Gasteiger partial charge is 0.312 e. The molecule has 7 heteroatoms. The van der Waals surface area contributed by atoms with Gasteiger partial charge in [0.15, 0.2) is 0 Å². The molecule has 34 heavy (non-hydrogen) atoms. The zero-order chi connectivity index (χ0) is 24.2. The van der Waals surface area contributed by atoms with Gasteiger partial charge in [0.2, 0.25) is 5.91 Å². The molecule has 1 N–H and O–H groups in total. The van der Waals surface area contributed by atoms with Crippen molar-refractivity contribution >= 4 is 51.5 Å². The maximum atomic E-state index is 12.9. The van der Waals surface area contributed by atoms with E-state index in [0.29, 0.717) is 23.6 Å². The predicted molar refractivity (Wildman–Crippen MR) is 137 cm³/mol. The number of carbonyl (C=O) groups excluding carboxylic acids is 3. The van der Waals surface area contributed by atoms with Gasteiger partial charge >= 0.3 is 0 Å². The smallest absolute Gasteiger partial charge is 0.290 e. The highest BCUT2D eigenvalue weighted by Crippen LogP contribution is 2.44. The van der Waals surface area contributed by atoms with E-state index >= 15 is 0 Å². The van der Waals surface area contributed by atoms with Gasteiger partial charge in [-0.25, -0.2) is 4.98 Å². The summed E-state index contributed by atoms with van der Waals surface area (Å²) in [7, 11) is 0. The fourth-order valence-corrected chi connectivity index (χ4v) is 5.52. The van der Waals surface area contributed by atoms with Crippen LogP contribution in [-0.4, -0.2) is 28.6 Å². The fourth-order valence-electron chi connectivity index (χ4n) is 4.85. The van der Waals surface area contributed by atoms with Gasteiger partial charge < -0.3 is 4.90 Å². The van der Waals surface area contributed by atoms with Crippen molar-refractivity contribution in [2.45, 2.75) is 39.5 Å². The average molecular weight is 472 g/mol. The molecule has 0 atom stereocenters. The van der Waals surface area contributed by atoms with E-state index in [-0.39, 0.29) is 16.6 Å². The molecule has 0 radical (unpaired) electrons. The maximum absolute atomic E-state index is 12.9. The summed E-state index contributed by atoms with van der Waals surface area (Å²) in [4.78, 5) is 43.5. The first-order valence-corrected chi connectivity index (χ1v) is 12.1. The molecule has 0 spiro atoms. The van der Waals surface area contributed by atoms with Crippen molar-refractivity contribution in [1.29, 1.82) is 0 Å². The van der Waals surface area contributed by atoms with Gasteiger partial charge in [-0.2, -0.15) is 0 Å². The molecule has 0 unspecified atom stereocenters. The zero-order valence-electron chi connectivity index (χ0n) is 19.6. The summed E-state index contributed by atoms with van der Waals surface area (Å²) >= 11 is 0.878. The molecule has 0 saturated carbocycles. The van der Waals surface area contributed by atoms with E-state index < -0.39 is 5.91 Å². The average Bonchev–Trinajstić information content (AvgIpc) is 3.09. The molecule has 0 aliphatic carbocycles. The van der Waals surface area contributed by atoms with Gasteiger partial charge in [-0.15, -0.1) is 0 Å². The van der Waals surface area contributed by atoms with Gasteiger partial charge in [0.25, 0.3) is 11.1 Å². The number of carbonyl (C=O) groups is 3. The Morgan fingerprint density at radius 3 is 2.59 bits per heavy atom. The third-order valence-electron chi connectivity index (χ3n) is 6.52. The Balaban J connectivity index is 1.74. The molecule has 3 amide bonds. The minimum absolute atomic E-state index is 0.133. The number of benzene rings is 2. The van der Waals surface area contributed by atoms with Crippen molar-refractivity contribution in [2.24, 2.45) is 0 Å². The second kappa shape index (κ2) is 8.09. The van der Waals surface area contributed by atoms with Gasteiger partial charge in [-0.05, 0) is 72.1 Å². The van der Waals surface area contributed by atoms with Crippen LogP contribution < -0.4 is 10.2 Å². The van der Waals surface area contributed by atoms with Crippen molar-refractivity contribution in [3.63, 3.8) is 0 Å². The summed E-state index contributed by atoms with van der Waals surface area (Å²) in [5.74, 6) is -0.274. The predicted octanol–water partition coefficient (Wildman–Crippen LogP) is 5.57. The Kier molecular flexibility index (Phi) is 5.32. The minimum Gasteiger partial charge on any atom is -0.312 e. The number of nitrogens with one attached hydrogen (secondary N) is 1. The van der Waals surface area contributed by atoms with E-state index in [4.69, 9.17) is 4.98 Å². The van der Waals surface area contributed by atoms with Crippen LogP contribution in [-0.2, 0) is 15.0 Å². The van der Waals surface area contributed by atoms with Crippen molar-refractivity contribution in [3.8, 4) is 11.1 Å². The second-order valence-corrected chi connectivity index (χ2v) is 10.4. The first-order valence-electron chi connectivity index (χ1n) is 11.3. The molecule has 5 rings (SSSR count). The lowest BCUT2D eigenvalue weighted by molar-refractivity contribution is -0.120. The van der Waals surface area contributed by atoms with Crippen molar-refractivity contribution < 1.29 is 14.4 Å². The summed E-state index contributed by atoms with van der Waals surface area (Å²) in [6.45, 7) is 8.93. The number of amides is 3. The molecular formula is C27H25N3O3S. The molecule has 1 saturated heterocycles. The van der Waals surface area contributed by atoms with Crippen LogP contribution in [0.5, 0.6) is 0 Å². The summed E-state index contributed by atoms with van der Waals surface area (Å²) in [6, 6.07) is 14.1. The highest BCUT2D eigenvalue weighted by atomic mass is 32.2. The van der Waals surface area contributed by atoms with E-state index in [1.807, 2.05) is 42.2 Å². The van der Waals surface area contributed by atoms with Gasteiger partial charge in [0.1, 0.15) is 0 Å². The number of imide groups is 1. The van der Waals surface area contributed by atoms with Crippen LogP contribution in [0.3, 0.4) is 0 Å². The van der Waals surface area contributed by atoms with Crippen LogP contribution in [0.2, 0.25) is 0 Å². The van der Waals surface area contributed by atoms with Crippen LogP contribution in [0.15, 0.2) is 47.4 Å². The maximum Gasteiger partial charge on any atom is 0.290 e. The molecule has 3 heterocycles. The summed E-state index contributed by atoms with van der Waals surface area (Å²) in [5, 5.41) is 2.89. The Labute approximate surface area is 202 Å². The molecule has 172 valence electrons. The molecule has 2 aliphatic rings. The second-order valence-electron chi connectivity index (χ2n) is 9.35. The molecule has 2 aromatic carbocycles. The number of aryl methyl sites for hydroxylation is 1. The molecule has 2 aliphatic heterocycles. The normalized spacial score (nSPS) is 18.5. The standard InChI is InChI=1S/C27H25N3O3S/c1-5-30-22-13-18(15(2)10-20(22)27(3,4)14-24(30)31)19-11-16(12-23-25(32)29-26(33)34-23)28-21-9-7-6-8-17(19)21/h6-13H,5,14H2,1-4H3,(H,29,32,33). The Hall–Kier alpha value is -3.45. The Morgan fingerprint density at radius 1 is 1.12 bits per heavy atom. The number of aromatic nitrogens is 1. The quantitative estimate of drug-likeness (QED) is 0.505. The van der Waals surface area contributed by atoms with Crippen LogP contribution in [0.4, 0.5) is 10.5 Å². The van der Waals surface area contributed by atoms with E-state index in [1.165, 1.54) is 5.56 Å². The topological polar surface area (TPSA) is 79.4 Å². The first kappa shape index (κ1) is 22.3. The molecule has 3 aromatic rings. The zero-order valence-corrected chi connectivity index (χ0v) is 20.4. The Bertz CT molecular complexity index is 1420. The van der Waals surface area contributed by atoms with E-state index in [9.17, 15) is 14.4 Å². The van der Waals surface area contributed by atoms with Crippen LogP contribution >= 0.6 is 11.8 Å². The third-order valence-corrected chi connectivity index (χ3v) is 7.33. The number of hydrogen-bond acceptors (Lipinski definition) is 5. The number of fused-ring (bicyclic) bond motifs is 2. The van der Waals surface area contributed by atoms with E-state index in [0.717, 1.165) is 45.0 Å². The fraction of sp³-hybridized carbons (Fsp3) is 0.259. The highest BCUT2D eigenvalue weighted by molar-refractivity contribution is 8.18. The number of rotatable bonds is 3. The van der Waals surface area contributed by atoms with Crippen LogP contribution in [0, 0.1) is 6.92 Å². The minimum atomic E-state index is -0.407. The number of nitrogens with zero attached hydrogens (tertiary/aromatic N) is 2. The molecule has 1 aromatic heterocycles. The van der Waals surface area contributed by atoms with Gasteiger partial charge in [-0.1, -0.05) is 38.1 Å². The van der Waals surface area contributed by atoms with Gasteiger partial charge in [-0.3, -0.25) is 19.7 Å².